The summed E-state index contributed by atoms with van der Waals surface area (Å²) in [5.74, 6) is 1.00. The van der Waals surface area contributed by atoms with Crippen LogP contribution in [0.4, 0.5) is 0 Å². The van der Waals surface area contributed by atoms with Gasteiger partial charge in [0.05, 0.1) is 12.5 Å². The van der Waals surface area contributed by atoms with Gasteiger partial charge in [0, 0.05) is 19.2 Å². The third kappa shape index (κ3) is 2.73. The van der Waals surface area contributed by atoms with Crippen LogP contribution in [-0.2, 0) is 9.53 Å². The van der Waals surface area contributed by atoms with Crippen molar-refractivity contribution in [1.82, 2.24) is 4.90 Å². The predicted octanol–water partition coefficient (Wildman–Crippen LogP) is 2.82. The quantitative estimate of drug-likeness (QED) is 0.829. The zero-order valence-electron chi connectivity index (χ0n) is 12.1. The molecule has 3 nitrogen and oxygen atoms in total. The van der Waals surface area contributed by atoms with Gasteiger partial charge in [0.15, 0.2) is 0 Å². The molecule has 2 fully saturated rings. The second kappa shape index (κ2) is 5.96. The second-order valence-electron chi connectivity index (χ2n) is 6.07. The third-order valence-electron chi connectivity index (χ3n) is 4.71. The van der Waals surface area contributed by atoms with Crippen molar-refractivity contribution in [2.45, 2.75) is 38.1 Å². The Morgan fingerprint density at radius 1 is 1.25 bits per heavy atom. The van der Waals surface area contributed by atoms with Gasteiger partial charge in [0.25, 0.3) is 0 Å². The minimum atomic E-state index is 0.103. The molecule has 3 heteroatoms. The van der Waals surface area contributed by atoms with Crippen LogP contribution in [0, 0.1) is 5.92 Å². The van der Waals surface area contributed by atoms with Gasteiger partial charge in [-0.1, -0.05) is 30.3 Å². The molecule has 2 heterocycles. The van der Waals surface area contributed by atoms with E-state index in [1.165, 1.54) is 5.56 Å². The average Bonchev–Trinajstić information content (AvgIpc) is 3.01. The lowest BCUT2D eigenvalue weighted by molar-refractivity contribution is -0.139. The molecule has 3 atom stereocenters. The van der Waals surface area contributed by atoms with E-state index < -0.39 is 0 Å². The summed E-state index contributed by atoms with van der Waals surface area (Å²) in [5, 5.41) is 0. The molecule has 108 valence electrons. The number of benzene rings is 1. The topological polar surface area (TPSA) is 29.5 Å². The molecule has 2 aliphatic rings. The van der Waals surface area contributed by atoms with Crippen LogP contribution in [0.5, 0.6) is 0 Å². The lowest BCUT2D eigenvalue weighted by atomic mass is 9.85. The van der Waals surface area contributed by atoms with Crippen LogP contribution in [0.1, 0.15) is 37.7 Å². The van der Waals surface area contributed by atoms with Crippen LogP contribution in [0.25, 0.3) is 0 Å². The zero-order valence-corrected chi connectivity index (χ0v) is 12.1. The number of likely N-dealkylation sites (tertiary alicyclic amines) is 1. The van der Waals surface area contributed by atoms with Crippen molar-refractivity contribution in [3.63, 3.8) is 0 Å². The first-order chi connectivity index (χ1) is 9.75. The summed E-state index contributed by atoms with van der Waals surface area (Å²) in [6.07, 6.45) is 3.04. The van der Waals surface area contributed by atoms with Gasteiger partial charge in [-0.3, -0.25) is 4.79 Å². The number of amides is 1. The Bertz CT molecular complexity index is 453. The maximum absolute atomic E-state index is 12.5. The van der Waals surface area contributed by atoms with Crippen molar-refractivity contribution in [2.24, 2.45) is 5.92 Å². The first kappa shape index (κ1) is 13.6. The molecular weight excluding hydrogens is 250 g/mol. The second-order valence-corrected chi connectivity index (χ2v) is 6.07. The summed E-state index contributed by atoms with van der Waals surface area (Å²) in [5.41, 5.74) is 1.41. The first-order valence-electron chi connectivity index (χ1n) is 7.69. The average molecular weight is 273 g/mol. The SMILES string of the molecule is C[C@@H]1C[C@@H](c2ccccc2)CCN1C(=O)[C@@H]1CCOC1. The Labute approximate surface area is 120 Å². The Morgan fingerprint density at radius 2 is 2.05 bits per heavy atom. The zero-order chi connectivity index (χ0) is 13.9. The van der Waals surface area contributed by atoms with Crippen LogP contribution in [-0.4, -0.2) is 36.6 Å². The highest BCUT2D eigenvalue weighted by molar-refractivity contribution is 5.79. The van der Waals surface area contributed by atoms with Gasteiger partial charge in [-0.05, 0) is 37.7 Å². The number of carbonyl (C=O) groups excluding carboxylic acids is 1. The molecule has 0 aliphatic carbocycles. The van der Waals surface area contributed by atoms with Gasteiger partial charge in [-0.25, -0.2) is 0 Å². The van der Waals surface area contributed by atoms with Crippen LogP contribution in [0.3, 0.4) is 0 Å². The van der Waals surface area contributed by atoms with E-state index in [1.54, 1.807) is 0 Å². The summed E-state index contributed by atoms with van der Waals surface area (Å²) in [4.78, 5) is 14.6. The molecule has 0 radical (unpaired) electrons. The lowest BCUT2D eigenvalue weighted by Gasteiger charge is -2.39. The molecule has 0 aromatic heterocycles. The molecule has 2 aliphatic heterocycles. The minimum absolute atomic E-state index is 0.103. The highest BCUT2D eigenvalue weighted by Gasteiger charge is 2.34. The smallest absolute Gasteiger partial charge is 0.228 e. The summed E-state index contributed by atoms with van der Waals surface area (Å²) in [6.45, 7) is 4.42. The number of hydrogen-bond donors (Lipinski definition) is 0. The van der Waals surface area contributed by atoms with Crippen LogP contribution in [0.2, 0.25) is 0 Å². The molecule has 1 aromatic carbocycles. The largest absolute Gasteiger partial charge is 0.381 e. The Hall–Kier alpha value is -1.35. The Balaban J connectivity index is 1.63. The van der Waals surface area contributed by atoms with E-state index >= 15 is 0 Å². The first-order valence-corrected chi connectivity index (χ1v) is 7.69. The van der Waals surface area contributed by atoms with Gasteiger partial charge in [-0.15, -0.1) is 0 Å². The lowest BCUT2D eigenvalue weighted by Crippen LogP contribution is -2.46. The van der Waals surface area contributed by atoms with Crippen LogP contribution in [0.15, 0.2) is 30.3 Å². The Kier molecular flexibility index (Phi) is 4.06. The van der Waals surface area contributed by atoms with Gasteiger partial charge >= 0.3 is 0 Å². The van der Waals surface area contributed by atoms with Crippen molar-refractivity contribution in [2.75, 3.05) is 19.8 Å². The molecule has 0 saturated carbocycles. The van der Waals surface area contributed by atoms with Gasteiger partial charge in [-0.2, -0.15) is 0 Å². The standard InChI is InChI=1S/C17H23NO2/c1-13-11-15(14-5-3-2-4-6-14)7-9-18(13)17(19)16-8-10-20-12-16/h2-6,13,15-16H,7-12H2,1H3/t13-,15+,16-/m1/s1. The molecule has 1 aromatic rings. The molecule has 0 N–H and O–H groups in total. The summed E-state index contributed by atoms with van der Waals surface area (Å²) in [7, 11) is 0. The van der Waals surface area contributed by atoms with E-state index in [9.17, 15) is 4.79 Å². The normalized spacial score (nSPS) is 30.4. The predicted molar refractivity (Wildman–Crippen MR) is 78.5 cm³/mol. The fraction of sp³-hybridized carbons (Fsp3) is 0.588. The van der Waals surface area contributed by atoms with Crippen molar-refractivity contribution in [3.8, 4) is 0 Å². The number of piperidine rings is 1. The summed E-state index contributed by atoms with van der Waals surface area (Å²) in [6, 6.07) is 11.0. The summed E-state index contributed by atoms with van der Waals surface area (Å²) >= 11 is 0. The van der Waals surface area contributed by atoms with Crippen molar-refractivity contribution < 1.29 is 9.53 Å². The van der Waals surface area contributed by atoms with E-state index in [2.05, 4.69) is 42.2 Å². The molecule has 2 saturated heterocycles. The number of ether oxygens (including phenoxy) is 1. The Morgan fingerprint density at radius 3 is 2.70 bits per heavy atom. The molecule has 0 bridgehead atoms. The van der Waals surface area contributed by atoms with Crippen molar-refractivity contribution in [1.29, 1.82) is 0 Å². The number of nitrogens with zero attached hydrogens (tertiary/aromatic N) is 1. The molecule has 0 spiro atoms. The highest BCUT2D eigenvalue weighted by atomic mass is 16.5. The fourth-order valence-corrected chi connectivity index (χ4v) is 3.49. The monoisotopic (exact) mass is 273 g/mol. The van der Waals surface area contributed by atoms with Crippen molar-refractivity contribution in [3.05, 3.63) is 35.9 Å². The molecule has 3 rings (SSSR count). The van der Waals surface area contributed by atoms with Crippen LogP contribution < -0.4 is 0 Å². The number of rotatable bonds is 2. The van der Waals surface area contributed by atoms with E-state index in [4.69, 9.17) is 4.74 Å². The van der Waals surface area contributed by atoms with Gasteiger partial charge < -0.3 is 9.64 Å². The van der Waals surface area contributed by atoms with E-state index in [0.29, 0.717) is 24.5 Å². The van der Waals surface area contributed by atoms with E-state index in [1.807, 2.05) is 0 Å². The maximum Gasteiger partial charge on any atom is 0.228 e. The van der Waals surface area contributed by atoms with Crippen LogP contribution >= 0.6 is 0 Å². The van der Waals surface area contributed by atoms with Gasteiger partial charge in [0.2, 0.25) is 5.91 Å². The maximum atomic E-state index is 12.5. The fourth-order valence-electron chi connectivity index (χ4n) is 3.49. The third-order valence-corrected chi connectivity index (χ3v) is 4.71. The minimum Gasteiger partial charge on any atom is -0.381 e. The van der Waals surface area contributed by atoms with E-state index in [-0.39, 0.29) is 5.92 Å². The van der Waals surface area contributed by atoms with Gasteiger partial charge in [0.1, 0.15) is 0 Å². The molecular formula is C17H23NO2. The summed E-state index contributed by atoms with van der Waals surface area (Å²) < 4.78 is 5.35. The number of hydrogen-bond acceptors (Lipinski definition) is 2. The van der Waals surface area contributed by atoms with Crippen molar-refractivity contribution >= 4 is 5.91 Å². The number of carbonyl (C=O) groups is 1. The molecule has 1 amide bonds. The highest BCUT2D eigenvalue weighted by Crippen LogP contribution is 2.32. The molecule has 20 heavy (non-hydrogen) atoms. The molecule has 0 unspecified atom stereocenters. The van der Waals surface area contributed by atoms with E-state index in [0.717, 1.165) is 32.4 Å².